The third-order valence-corrected chi connectivity index (χ3v) is 5.18. The van der Waals surface area contributed by atoms with Crippen LogP contribution in [-0.4, -0.2) is 26.2 Å². The summed E-state index contributed by atoms with van der Waals surface area (Å²) >= 11 is 0. The van der Waals surface area contributed by atoms with Crippen LogP contribution < -0.4 is 0 Å². The maximum atomic E-state index is 12.3. The van der Waals surface area contributed by atoms with E-state index in [9.17, 15) is 9.59 Å². The van der Waals surface area contributed by atoms with Gasteiger partial charge < -0.3 is 9.47 Å². The Bertz CT molecular complexity index is 779. The van der Waals surface area contributed by atoms with Crippen molar-refractivity contribution >= 4 is 11.9 Å². The van der Waals surface area contributed by atoms with Crippen molar-refractivity contribution in [3.63, 3.8) is 0 Å². The monoisotopic (exact) mass is 352 g/mol. The summed E-state index contributed by atoms with van der Waals surface area (Å²) in [5.74, 6) is -1.04. The molecule has 0 aliphatic heterocycles. The van der Waals surface area contributed by atoms with Crippen LogP contribution >= 0.6 is 0 Å². The number of esters is 2. The number of aryl methyl sites for hydroxylation is 2. The van der Waals surface area contributed by atoms with Crippen LogP contribution in [0.5, 0.6) is 0 Å². The number of benzene rings is 2. The number of ether oxygens (including phenoxy) is 2. The molecule has 2 aromatic rings. The normalized spacial score (nSPS) is 14.5. The van der Waals surface area contributed by atoms with E-state index in [1.165, 1.54) is 25.3 Å². The Hall–Kier alpha value is -2.62. The average molecular weight is 352 g/mol. The van der Waals surface area contributed by atoms with E-state index in [2.05, 4.69) is 36.4 Å². The lowest BCUT2D eigenvalue weighted by atomic mass is 9.85. The molecule has 0 saturated carbocycles. The summed E-state index contributed by atoms with van der Waals surface area (Å²) < 4.78 is 9.79. The number of hydrogen-bond acceptors (Lipinski definition) is 4. The van der Waals surface area contributed by atoms with Crippen LogP contribution in [0.25, 0.3) is 0 Å². The Morgan fingerprint density at radius 3 is 2.12 bits per heavy atom. The van der Waals surface area contributed by atoms with Crippen LogP contribution in [0.2, 0.25) is 0 Å². The van der Waals surface area contributed by atoms with Gasteiger partial charge >= 0.3 is 11.9 Å². The second-order valence-corrected chi connectivity index (χ2v) is 6.86. The van der Waals surface area contributed by atoms with E-state index in [0.717, 1.165) is 30.4 Å². The molecule has 0 N–H and O–H groups in total. The van der Waals surface area contributed by atoms with Crippen molar-refractivity contribution in [2.75, 3.05) is 14.2 Å². The van der Waals surface area contributed by atoms with Crippen molar-refractivity contribution < 1.29 is 19.1 Å². The zero-order valence-electron chi connectivity index (χ0n) is 15.3. The molecule has 3 rings (SSSR count). The van der Waals surface area contributed by atoms with E-state index in [0.29, 0.717) is 12.8 Å². The summed E-state index contributed by atoms with van der Waals surface area (Å²) in [7, 11) is 2.62. The van der Waals surface area contributed by atoms with Gasteiger partial charge in [-0.2, -0.15) is 0 Å². The van der Waals surface area contributed by atoms with Crippen LogP contribution in [0.3, 0.4) is 0 Å². The topological polar surface area (TPSA) is 52.6 Å². The molecule has 2 aromatic carbocycles. The summed E-state index contributed by atoms with van der Waals surface area (Å²) in [4.78, 5) is 24.6. The molecule has 1 aliphatic carbocycles. The minimum atomic E-state index is -1.24. The lowest BCUT2D eigenvalue weighted by molar-refractivity contribution is -0.168. The Kier molecular flexibility index (Phi) is 5.40. The fourth-order valence-corrected chi connectivity index (χ4v) is 3.79. The fourth-order valence-electron chi connectivity index (χ4n) is 3.79. The molecule has 0 saturated heterocycles. The van der Waals surface area contributed by atoms with Crippen LogP contribution in [0.1, 0.15) is 28.7 Å². The Morgan fingerprint density at radius 1 is 0.846 bits per heavy atom. The molecule has 136 valence electrons. The summed E-state index contributed by atoms with van der Waals surface area (Å²) in [6.07, 6.45) is 3.74. The van der Waals surface area contributed by atoms with Crippen LogP contribution in [-0.2, 0) is 44.7 Å². The number of rotatable bonds is 6. The lowest BCUT2D eigenvalue weighted by Gasteiger charge is -2.22. The fraction of sp³-hybridized carbons (Fsp3) is 0.364. The lowest BCUT2D eigenvalue weighted by Crippen LogP contribution is -2.42. The first kappa shape index (κ1) is 18.2. The maximum absolute atomic E-state index is 12.3. The average Bonchev–Trinajstić information content (AvgIpc) is 3.07. The van der Waals surface area contributed by atoms with Gasteiger partial charge in [0.2, 0.25) is 0 Å². The molecular weight excluding hydrogens is 328 g/mol. The highest BCUT2D eigenvalue weighted by molar-refractivity contribution is 6.01. The predicted molar refractivity (Wildman–Crippen MR) is 98.8 cm³/mol. The molecule has 0 atom stereocenters. The molecule has 4 heteroatoms. The molecule has 0 bridgehead atoms. The third kappa shape index (κ3) is 3.50. The van der Waals surface area contributed by atoms with Crippen LogP contribution in [0, 0.1) is 5.41 Å². The number of carbonyl (C=O) groups is 2. The molecule has 0 heterocycles. The van der Waals surface area contributed by atoms with Crippen LogP contribution in [0.15, 0.2) is 48.5 Å². The Morgan fingerprint density at radius 2 is 1.46 bits per heavy atom. The predicted octanol–water partition coefficient (Wildman–Crippen LogP) is 3.29. The first-order valence-corrected chi connectivity index (χ1v) is 8.90. The summed E-state index contributed by atoms with van der Waals surface area (Å²) in [6, 6.07) is 16.7. The molecule has 1 aliphatic rings. The molecular formula is C22H24O4. The van der Waals surface area contributed by atoms with E-state index < -0.39 is 17.4 Å². The van der Waals surface area contributed by atoms with Crippen molar-refractivity contribution in [3.8, 4) is 0 Å². The first-order valence-electron chi connectivity index (χ1n) is 8.90. The summed E-state index contributed by atoms with van der Waals surface area (Å²) in [6.45, 7) is 0. The third-order valence-electron chi connectivity index (χ3n) is 5.18. The summed E-state index contributed by atoms with van der Waals surface area (Å²) in [5.41, 5.74) is 3.38. The largest absolute Gasteiger partial charge is 0.468 e. The van der Waals surface area contributed by atoms with Gasteiger partial charge in [-0.25, -0.2) is 0 Å². The second-order valence-electron chi connectivity index (χ2n) is 6.86. The van der Waals surface area contributed by atoms with Crippen molar-refractivity contribution in [3.05, 3.63) is 70.8 Å². The zero-order valence-corrected chi connectivity index (χ0v) is 15.3. The minimum Gasteiger partial charge on any atom is -0.468 e. The Balaban J connectivity index is 1.71. The standard InChI is InChI=1S/C22H24O4/c1-25-20(23)22(21(24)26-2)14-18-12-11-17(13-19(18)15-22)10-6-9-16-7-4-3-5-8-16/h3-5,7-8,11-13H,6,9-10,14-15H2,1-2H3. The Labute approximate surface area is 154 Å². The number of methoxy groups -OCH3 is 2. The number of carbonyl (C=O) groups excluding carboxylic acids is 2. The highest BCUT2D eigenvalue weighted by atomic mass is 16.5. The zero-order chi connectivity index (χ0) is 18.6. The first-order chi connectivity index (χ1) is 12.6. The van der Waals surface area contributed by atoms with Gasteiger partial charge in [0.1, 0.15) is 0 Å². The van der Waals surface area contributed by atoms with E-state index in [4.69, 9.17) is 9.47 Å². The molecule has 0 radical (unpaired) electrons. The SMILES string of the molecule is COC(=O)C1(C(=O)OC)Cc2ccc(CCCc3ccccc3)cc2C1. The van der Waals surface area contributed by atoms with Crippen molar-refractivity contribution in [2.24, 2.45) is 5.41 Å². The van der Waals surface area contributed by atoms with Gasteiger partial charge in [0.25, 0.3) is 0 Å². The maximum Gasteiger partial charge on any atom is 0.323 e. The highest BCUT2D eigenvalue weighted by Crippen LogP contribution is 2.39. The van der Waals surface area contributed by atoms with Gasteiger partial charge in [0.05, 0.1) is 14.2 Å². The number of fused-ring (bicyclic) bond motifs is 1. The number of hydrogen-bond donors (Lipinski definition) is 0. The van der Waals surface area contributed by atoms with Gasteiger partial charge in [0, 0.05) is 0 Å². The van der Waals surface area contributed by atoms with Gasteiger partial charge in [-0.3, -0.25) is 9.59 Å². The second kappa shape index (κ2) is 7.73. The van der Waals surface area contributed by atoms with Crippen molar-refractivity contribution in [1.82, 2.24) is 0 Å². The highest BCUT2D eigenvalue weighted by Gasteiger charge is 2.52. The molecule has 4 nitrogen and oxygen atoms in total. The van der Waals surface area contributed by atoms with Crippen molar-refractivity contribution in [2.45, 2.75) is 32.1 Å². The van der Waals surface area contributed by atoms with E-state index >= 15 is 0 Å². The van der Waals surface area contributed by atoms with E-state index in [-0.39, 0.29) is 0 Å². The molecule has 26 heavy (non-hydrogen) atoms. The van der Waals surface area contributed by atoms with E-state index in [1.54, 1.807) is 0 Å². The van der Waals surface area contributed by atoms with Gasteiger partial charge in [-0.15, -0.1) is 0 Å². The molecule has 0 aromatic heterocycles. The van der Waals surface area contributed by atoms with E-state index in [1.807, 2.05) is 12.1 Å². The van der Waals surface area contributed by atoms with Crippen LogP contribution in [0.4, 0.5) is 0 Å². The summed E-state index contributed by atoms with van der Waals surface area (Å²) in [5, 5.41) is 0. The molecule has 0 amide bonds. The molecule has 0 unspecified atom stereocenters. The smallest absolute Gasteiger partial charge is 0.323 e. The molecule has 0 spiro atoms. The van der Waals surface area contributed by atoms with Gasteiger partial charge in [-0.05, 0) is 54.4 Å². The molecule has 0 fully saturated rings. The quantitative estimate of drug-likeness (QED) is 0.591. The van der Waals surface area contributed by atoms with Gasteiger partial charge in [0.15, 0.2) is 5.41 Å². The van der Waals surface area contributed by atoms with Crippen molar-refractivity contribution in [1.29, 1.82) is 0 Å². The minimum absolute atomic E-state index is 0.339. The van der Waals surface area contributed by atoms with Gasteiger partial charge in [-0.1, -0.05) is 48.5 Å².